The van der Waals surface area contributed by atoms with E-state index >= 15 is 0 Å². The first-order chi connectivity index (χ1) is 31.0. The van der Waals surface area contributed by atoms with Crippen molar-refractivity contribution in [2.75, 3.05) is 13.2 Å². The van der Waals surface area contributed by atoms with Crippen LogP contribution in [0, 0.1) is 0 Å². The molecule has 1 atom stereocenters. The van der Waals surface area contributed by atoms with Crippen LogP contribution >= 0.6 is 0 Å². The third-order valence-corrected chi connectivity index (χ3v) is 9.92. The molecule has 0 spiro atoms. The maximum atomic E-state index is 12.8. The topological polar surface area (TPSA) is 78.9 Å². The molecule has 0 aliphatic heterocycles. The average molecular weight is 871 g/mol. The van der Waals surface area contributed by atoms with Crippen molar-refractivity contribution >= 4 is 17.9 Å². The largest absolute Gasteiger partial charge is 0.462 e. The Bertz CT molecular complexity index is 1370. The van der Waals surface area contributed by atoms with Crippen LogP contribution in [0.25, 0.3) is 0 Å². The second-order valence-electron chi connectivity index (χ2n) is 16.0. The molecule has 0 rings (SSSR count). The molecule has 6 nitrogen and oxygen atoms in total. The number of hydrogen-bond acceptors (Lipinski definition) is 6. The van der Waals surface area contributed by atoms with E-state index < -0.39 is 6.10 Å². The van der Waals surface area contributed by atoms with Crippen LogP contribution in [0.15, 0.2) is 122 Å². The van der Waals surface area contributed by atoms with E-state index in [0.717, 1.165) is 96.3 Å². The number of allylic oxidation sites excluding steroid dienone is 20. The number of carbonyl (C=O) groups excluding carboxylic acids is 3. The predicted octanol–water partition coefficient (Wildman–Crippen LogP) is 16.5. The van der Waals surface area contributed by atoms with E-state index in [1.54, 1.807) is 0 Å². The Hall–Kier alpha value is -4.19. The van der Waals surface area contributed by atoms with Gasteiger partial charge in [0.1, 0.15) is 13.2 Å². The lowest BCUT2D eigenvalue weighted by molar-refractivity contribution is -0.167. The van der Waals surface area contributed by atoms with E-state index in [2.05, 4.69) is 142 Å². The Balaban J connectivity index is 4.59. The molecular weight excluding hydrogens is 781 g/mol. The summed E-state index contributed by atoms with van der Waals surface area (Å²) in [6.45, 7) is 6.33. The quantitative estimate of drug-likeness (QED) is 0.0263. The van der Waals surface area contributed by atoms with Gasteiger partial charge in [-0.05, 0) is 116 Å². The zero-order valence-electron chi connectivity index (χ0n) is 40.3. The number of ether oxygens (including phenoxy) is 3. The van der Waals surface area contributed by atoms with E-state index in [0.29, 0.717) is 19.3 Å². The fourth-order valence-corrected chi connectivity index (χ4v) is 6.15. The smallest absolute Gasteiger partial charge is 0.306 e. The molecule has 0 heterocycles. The Morgan fingerprint density at radius 3 is 1.10 bits per heavy atom. The van der Waals surface area contributed by atoms with Crippen molar-refractivity contribution in [1.82, 2.24) is 0 Å². The van der Waals surface area contributed by atoms with Gasteiger partial charge in [-0.2, -0.15) is 0 Å². The molecule has 0 saturated carbocycles. The fraction of sp³-hybridized carbons (Fsp3) is 0.596. The van der Waals surface area contributed by atoms with Crippen LogP contribution in [0.3, 0.4) is 0 Å². The highest BCUT2D eigenvalue weighted by molar-refractivity contribution is 5.71. The molecule has 354 valence electrons. The van der Waals surface area contributed by atoms with E-state index in [1.165, 1.54) is 51.4 Å². The van der Waals surface area contributed by atoms with Crippen molar-refractivity contribution < 1.29 is 28.6 Å². The highest BCUT2D eigenvalue weighted by Crippen LogP contribution is 2.11. The summed E-state index contributed by atoms with van der Waals surface area (Å²) in [7, 11) is 0. The summed E-state index contributed by atoms with van der Waals surface area (Å²) < 4.78 is 16.7. The highest BCUT2D eigenvalue weighted by Gasteiger charge is 2.19. The van der Waals surface area contributed by atoms with E-state index in [9.17, 15) is 14.4 Å². The van der Waals surface area contributed by atoms with Crippen molar-refractivity contribution in [2.24, 2.45) is 0 Å². The minimum Gasteiger partial charge on any atom is -0.462 e. The Kier molecular flexibility index (Phi) is 47.1. The predicted molar refractivity (Wildman–Crippen MR) is 269 cm³/mol. The van der Waals surface area contributed by atoms with Crippen molar-refractivity contribution in [1.29, 1.82) is 0 Å². The van der Waals surface area contributed by atoms with Crippen molar-refractivity contribution in [2.45, 2.75) is 207 Å². The van der Waals surface area contributed by atoms with Crippen LogP contribution in [0.1, 0.15) is 201 Å². The summed E-state index contributed by atoms with van der Waals surface area (Å²) in [5.41, 5.74) is 0. The average Bonchev–Trinajstić information content (AvgIpc) is 3.28. The van der Waals surface area contributed by atoms with Gasteiger partial charge in [0.25, 0.3) is 0 Å². The number of unbranched alkanes of at least 4 members (excludes halogenated alkanes) is 12. The van der Waals surface area contributed by atoms with Gasteiger partial charge in [0.15, 0.2) is 6.10 Å². The third-order valence-electron chi connectivity index (χ3n) is 9.92. The molecule has 0 aliphatic rings. The van der Waals surface area contributed by atoms with Crippen molar-refractivity contribution in [3.63, 3.8) is 0 Å². The van der Waals surface area contributed by atoms with E-state index in [1.807, 2.05) is 0 Å². The lowest BCUT2D eigenvalue weighted by Crippen LogP contribution is -2.30. The van der Waals surface area contributed by atoms with Gasteiger partial charge >= 0.3 is 17.9 Å². The lowest BCUT2D eigenvalue weighted by Gasteiger charge is -2.18. The highest BCUT2D eigenvalue weighted by atomic mass is 16.6. The third kappa shape index (κ3) is 48.7. The molecule has 0 N–H and O–H groups in total. The summed E-state index contributed by atoms with van der Waals surface area (Å²) >= 11 is 0. The van der Waals surface area contributed by atoms with Crippen LogP contribution < -0.4 is 0 Å². The van der Waals surface area contributed by atoms with Gasteiger partial charge in [0.2, 0.25) is 0 Å². The first kappa shape index (κ1) is 58.8. The molecule has 0 aromatic rings. The number of carbonyl (C=O) groups is 3. The molecule has 0 fully saturated rings. The molecule has 0 aromatic heterocycles. The van der Waals surface area contributed by atoms with Crippen LogP contribution in [0.2, 0.25) is 0 Å². The second kappa shape index (κ2) is 50.5. The summed E-state index contributed by atoms with van der Waals surface area (Å²) in [5.74, 6) is -1.06. The zero-order chi connectivity index (χ0) is 45.8. The minimum absolute atomic E-state index is 0.126. The van der Waals surface area contributed by atoms with Crippen LogP contribution in [-0.4, -0.2) is 37.2 Å². The number of esters is 3. The lowest BCUT2D eigenvalue weighted by atomic mass is 10.1. The molecule has 0 bridgehead atoms. The standard InChI is InChI=1S/C57H90O6/c1-4-7-10-13-16-19-22-24-26-28-30-32-35-38-41-44-47-50-56(59)62-53-54(52-61-55(58)49-46-43-40-37-34-21-18-15-12-9-6-3)63-57(60)51-48-45-42-39-36-33-31-29-27-25-23-20-17-14-11-8-5-2/h7,10,15-20,24-27,30-33,38-39,41-42,54H,4-6,8-9,11-14,21-23,28-29,34-37,40,43-53H2,1-3H3/b10-7-,18-15-,19-16-,20-17-,26-24-,27-25-,32-30-,33-31-,41-38-,42-39-. The van der Waals surface area contributed by atoms with Crippen LogP contribution in [0.5, 0.6) is 0 Å². The maximum absolute atomic E-state index is 12.8. The molecule has 0 saturated heterocycles. The minimum atomic E-state index is -0.835. The molecule has 6 heteroatoms. The molecule has 0 aromatic carbocycles. The van der Waals surface area contributed by atoms with Gasteiger partial charge in [-0.15, -0.1) is 0 Å². The summed E-state index contributed by atoms with van der Waals surface area (Å²) in [5, 5.41) is 0. The number of hydrogen-bond donors (Lipinski definition) is 0. The molecule has 63 heavy (non-hydrogen) atoms. The first-order valence-corrected chi connectivity index (χ1v) is 25.0. The molecule has 0 amide bonds. The fourth-order valence-electron chi connectivity index (χ4n) is 6.15. The van der Waals surface area contributed by atoms with Crippen molar-refractivity contribution in [3.8, 4) is 0 Å². The van der Waals surface area contributed by atoms with Gasteiger partial charge in [0.05, 0.1) is 0 Å². The Morgan fingerprint density at radius 1 is 0.333 bits per heavy atom. The van der Waals surface area contributed by atoms with E-state index in [-0.39, 0.29) is 44.0 Å². The number of rotatable bonds is 43. The first-order valence-electron chi connectivity index (χ1n) is 25.0. The van der Waals surface area contributed by atoms with Gasteiger partial charge in [-0.3, -0.25) is 14.4 Å². The zero-order valence-corrected chi connectivity index (χ0v) is 40.3. The Morgan fingerprint density at radius 2 is 0.651 bits per heavy atom. The monoisotopic (exact) mass is 871 g/mol. The van der Waals surface area contributed by atoms with Gasteiger partial charge < -0.3 is 14.2 Å². The van der Waals surface area contributed by atoms with Gasteiger partial charge in [-0.1, -0.05) is 187 Å². The van der Waals surface area contributed by atoms with Crippen molar-refractivity contribution in [3.05, 3.63) is 122 Å². The van der Waals surface area contributed by atoms with Crippen LogP contribution in [-0.2, 0) is 28.6 Å². The van der Waals surface area contributed by atoms with E-state index in [4.69, 9.17) is 14.2 Å². The summed E-state index contributed by atoms with van der Waals surface area (Å²) in [6, 6.07) is 0. The molecule has 1 unspecified atom stereocenters. The van der Waals surface area contributed by atoms with Gasteiger partial charge in [-0.25, -0.2) is 0 Å². The SMILES string of the molecule is CC/C=C\C/C=C\C/C=C\C/C=C\C/C=C\CCCC(=O)OCC(COC(=O)CCCCCCC/C=C\CCCC)OC(=O)CCC/C=C\C/C=C\C/C=C\C/C=C\CCCCC. The Labute approximate surface area is 386 Å². The molecule has 0 radical (unpaired) electrons. The second-order valence-corrected chi connectivity index (χ2v) is 16.0. The van der Waals surface area contributed by atoms with Gasteiger partial charge in [0, 0.05) is 19.3 Å². The summed E-state index contributed by atoms with van der Waals surface area (Å²) in [6.07, 6.45) is 69.0. The normalized spacial score (nSPS) is 13.1. The van der Waals surface area contributed by atoms with Crippen LogP contribution in [0.4, 0.5) is 0 Å². The maximum Gasteiger partial charge on any atom is 0.306 e. The molecular formula is C57H90O6. The molecule has 0 aliphatic carbocycles. The summed E-state index contributed by atoms with van der Waals surface area (Å²) in [4.78, 5) is 37.9.